The van der Waals surface area contributed by atoms with Crippen molar-refractivity contribution in [1.29, 1.82) is 0 Å². The molecule has 0 saturated heterocycles. The van der Waals surface area contributed by atoms with Gasteiger partial charge in [0.15, 0.2) is 5.78 Å². The van der Waals surface area contributed by atoms with E-state index >= 15 is 0 Å². The number of hydrogen-bond acceptors (Lipinski definition) is 9. The summed E-state index contributed by atoms with van der Waals surface area (Å²) >= 11 is 0. The lowest BCUT2D eigenvalue weighted by atomic mass is 10.1. The molecule has 2 aromatic carbocycles. The van der Waals surface area contributed by atoms with Gasteiger partial charge in [-0.2, -0.15) is 4.80 Å². The number of esters is 1. The highest BCUT2D eigenvalue weighted by molar-refractivity contribution is 5.91. The number of alkyl carbamates (subject to hydrolysis) is 1. The quantitative estimate of drug-likeness (QED) is 0.388. The largest absolute Gasteiger partial charge is 0.478 e. The van der Waals surface area contributed by atoms with E-state index in [1.165, 1.54) is 24.3 Å². The Bertz CT molecular complexity index is 1250. The van der Waals surface area contributed by atoms with Gasteiger partial charge in [-0.05, 0) is 43.7 Å². The van der Waals surface area contributed by atoms with Gasteiger partial charge in [-0.3, -0.25) is 9.59 Å². The van der Waals surface area contributed by atoms with E-state index in [1.807, 2.05) is 6.07 Å². The molecule has 0 bridgehead atoms. The number of ketones is 1. The molecular formula is C25H27N5O7. The van der Waals surface area contributed by atoms with E-state index in [2.05, 4.69) is 20.7 Å². The second-order valence-electron chi connectivity index (χ2n) is 9.04. The zero-order valence-corrected chi connectivity index (χ0v) is 20.6. The number of rotatable bonds is 10. The SMILES string of the molecule is CC(C)(C)OC(=O)CC(NC(=O)OCc1ccccc1)C(=O)Cn1nnc(-c2ccc(C(=O)O)cc2)n1. The Hall–Kier alpha value is -4.61. The van der Waals surface area contributed by atoms with Gasteiger partial charge in [0.25, 0.3) is 0 Å². The number of carbonyl (C=O) groups is 4. The lowest BCUT2D eigenvalue weighted by Gasteiger charge is -2.22. The Balaban J connectivity index is 1.68. The summed E-state index contributed by atoms with van der Waals surface area (Å²) in [5.41, 5.74) is 0.568. The van der Waals surface area contributed by atoms with Gasteiger partial charge < -0.3 is 19.9 Å². The smallest absolute Gasteiger partial charge is 0.408 e. The molecule has 12 nitrogen and oxygen atoms in total. The normalized spacial score (nSPS) is 11.9. The first-order chi connectivity index (χ1) is 17.5. The summed E-state index contributed by atoms with van der Waals surface area (Å²) in [5, 5.41) is 23.3. The number of hydrogen-bond donors (Lipinski definition) is 2. The molecule has 12 heteroatoms. The standard InChI is InChI=1S/C25H27N5O7/c1-25(2,3)37-21(32)13-19(26-24(35)36-15-16-7-5-4-6-8-16)20(31)14-30-28-22(27-29-30)17-9-11-18(12-10-17)23(33)34/h4-12,19H,13-15H2,1-3H3,(H,26,35)(H,33,34). The molecule has 0 aliphatic carbocycles. The van der Waals surface area contributed by atoms with Gasteiger partial charge in [-0.25, -0.2) is 9.59 Å². The number of carbonyl (C=O) groups excluding carboxylic acids is 3. The highest BCUT2D eigenvalue weighted by Gasteiger charge is 2.28. The minimum absolute atomic E-state index is 0.0192. The fraction of sp³-hybridized carbons (Fsp3) is 0.320. The Morgan fingerprint density at radius 3 is 2.32 bits per heavy atom. The molecule has 3 aromatic rings. The van der Waals surface area contributed by atoms with E-state index in [9.17, 15) is 19.2 Å². The molecule has 1 aromatic heterocycles. The third-order valence-electron chi connectivity index (χ3n) is 4.82. The highest BCUT2D eigenvalue weighted by atomic mass is 16.6. The first-order valence-electron chi connectivity index (χ1n) is 11.3. The van der Waals surface area contributed by atoms with Gasteiger partial charge >= 0.3 is 18.0 Å². The molecule has 0 aliphatic rings. The van der Waals surface area contributed by atoms with Crippen molar-refractivity contribution in [3.8, 4) is 11.4 Å². The van der Waals surface area contributed by atoms with Crippen LogP contribution in [0.25, 0.3) is 11.4 Å². The summed E-state index contributed by atoms with van der Waals surface area (Å²) < 4.78 is 10.5. The Morgan fingerprint density at radius 1 is 1.03 bits per heavy atom. The molecular weight excluding hydrogens is 482 g/mol. The lowest BCUT2D eigenvalue weighted by molar-refractivity contribution is -0.156. The second-order valence-corrected chi connectivity index (χ2v) is 9.04. The molecule has 0 radical (unpaired) electrons. The van der Waals surface area contributed by atoms with Crippen LogP contribution in [0.1, 0.15) is 43.1 Å². The third-order valence-corrected chi connectivity index (χ3v) is 4.82. The zero-order chi connectivity index (χ0) is 27.0. The summed E-state index contributed by atoms with van der Waals surface area (Å²) in [6, 6.07) is 13.5. The number of Topliss-reactive ketones (excluding diaryl/α,β-unsaturated/α-hetero) is 1. The molecule has 1 heterocycles. The van der Waals surface area contributed by atoms with Crippen molar-refractivity contribution in [2.75, 3.05) is 0 Å². The van der Waals surface area contributed by atoms with Crippen LogP contribution in [0.4, 0.5) is 4.79 Å². The van der Waals surface area contributed by atoms with Gasteiger partial charge in [0.05, 0.1) is 12.0 Å². The predicted octanol–water partition coefficient (Wildman–Crippen LogP) is 2.63. The summed E-state index contributed by atoms with van der Waals surface area (Å²) in [4.78, 5) is 49.8. The topological polar surface area (TPSA) is 163 Å². The molecule has 37 heavy (non-hydrogen) atoms. The number of nitrogens with zero attached hydrogens (tertiary/aromatic N) is 4. The van der Waals surface area contributed by atoms with Crippen LogP contribution < -0.4 is 5.32 Å². The number of carboxylic acid groups (broad SMARTS) is 1. The van der Waals surface area contributed by atoms with E-state index in [-0.39, 0.29) is 18.0 Å². The maximum absolute atomic E-state index is 13.0. The third kappa shape index (κ3) is 8.53. The van der Waals surface area contributed by atoms with Crippen LogP contribution in [0.15, 0.2) is 54.6 Å². The molecule has 1 unspecified atom stereocenters. The summed E-state index contributed by atoms with van der Waals surface area (Å²) in [6.07, 6.45) is -1.30. The molecule has 1 atom stereocenters. The van der Waals surface area contributed by atoms with E-state index < -0.39 is 48.4 Å². The average Bonchev–Trinajstić information content (AvgIpc) is 3.30. The van der Waals surface area contributed by atoms with E-state index in [4.69, 9.17) is 14.6 Å². The molecule has 194 valence electrons. The van der Waals surface area contributed by atoms with E-state index in [1.54, 1.807) is 45.0 Å². The maximum atomic E-state index is 13.0. The molecule has 3 rings (SSSR count). The van der Waals surface area contributed by atoms with Crippen molar-refractivity contribution in [1.82, 2.24) is 25.5 Å². The van der Waals surface area contributed by atoms with Crippen molar-refractivity contribution < 1.29 is 33.8 Å². The Kier molecular flexibility index (Phi) is 8.67. The number of benzene rings is 2. The maximum Gasteiger partial charge on any atom is 0.408 e. The first-order valence-corrected chi connectivity index (χ1v) is 11.3. The molecule has 0 saturated carbocycles. The number of ether oxygens (including phenoxy) is 2. The van der Waals surface area contributed by atoms with Crippen LogP contribution in [0.2, 0.25) is 0 Å². The van der Waals surface area contributed by atoms with Gasteiger partial charge in [-0.1, -0.05) is 42.5 Å². The summed E-state index contributed by atoms with van der Waals surface area (Å²) in [7, 11) is 0. The van der Waals surface area contributed by atoms with Crippen LogP contribution in [0.3, 0.4) is 0 Å². The lowest BCUT2D eigenvalue weighted by Crippen LogP contribution is -2.45. The van der Waals surface area contributed by atoms with Crippen LogP contribution in [0, 0.1) is 0 Å². The molecule has 2 N–H and O–H groups in total. The van der Waals surface area contributed by atoms with Crippen LogP contribution in [0.5, 0.6) is 0 Å². The number of aromatic nitrogens is 4. The minimum atomic E-state index is -1.26. The van der Waals surface area contributed by atoms with Crippen LogP contribution in [-0.2, 0) is 32.2 Å². The van der Waals surface area contributed by atoms with Crippen LogP contribution >= 0.6 is 0 Å². The Morgan fingerprint density at radius 2 is 1.70 bits per heavy atom. The molecule has 0 spiro atoms. The minimum Gasteiger partial charge on any atom is -0.478 e. The predicted molar refractivity (Wildman–Crippen MR) is 129 cm³/mol. The summed E-state index contributed by atoms with van der Waals surface area (Å²) in [5.74, 6) is -2.16. The number of nitrogens with one attached hydrogen (secondary N) is 1. The van der Waals surface area contributed by atoms with Crippen molar-refractivity contribution >= 4 is 23.8 Å². The Labute approximate surface area is 212 Å². The number of amides is 1. The van der Waals surface area contributed by atoms with Gasteiger partial charge in [-0.15, -0.1) is 10.2 Å². The first kappa shape index (κ1) is 27.0. The van der Waals surface area contributed by atoms with Crippen LogP contribution in [-0.4, -0.2) is 60.8 Å². The van der Waals surface area contributed by atoms with Gasteiger partial charge in [0.1, 0.15) is 24.8 Å². The molecule has 0 aliphatic heterocycles. The summed E-state index contributed by atoms with van der Waals surface area (Å²) in [6.45, 7) is 4.65. The van der Waals surface area contributed by atoms with Gasteiger partial charge in [0.2, 0.25) is 5.82 Å². The van der Waals surface area contributed by atoms with E-state index in [0.717, 1.165) is 10.4 Å². The fourth-order valence-corrected chi connectivity index (χ4v) is 3.14. The number of tetrazole rings is 1. The molecule has 0 fully saturated rings. The average molecular weight is 510 g/mol. The highest BCUT2D eigenvalue weighted by Crippen LogP contribution is 2.15. The molecule has 1 amide bonds. The monoisotopic (exact) mass is 509 g/mol. The van der Waals surface area contributed by atoms with Crippen molar-refractivity contribution in [3.05, 3.63) is 65.7 Å². The van der Waals surface area contributed by atoms with Crippen molar-refractivity contribution in [2.24, 2.45) is 0 Å². The van der Waals surface area contributed by atoms with Gasteiger partial charge in [0, 0.05) is 5.56 Å². The van der Waals surface area contributed by atoms with E-state index in [0.29, 0.717) is 5.56 Å². The van der Waals surface area contributed by atoms with Crippen molar-refractivity contribution in [2.45, 2.75) is 52.0 Å². The van der Waals surface area contributed by atoms with Crippen molar-refractivity contribution in [3.63, 3.8) is 0 Å². The number of carboxylic acids is 1. The zero-order valence-electron chi connectivity index (χ0n) is 20.6. The number of aromatic carboxylic acids is 1. The second kappa shape index (κ2) is 11.9. The fourth-order valence-electron chi connectivity index (χ4n) is 3.14.